The molecule has 3 aliphatic rings. The zero-order valence-electron chi connectivity index (χ0n) is 16.1. The lowest BCUT2D eigenvalue weighted by Gasteiger charge is -2.44. The van der Waals surface area contributed by atoms with Crippen LogP contribution in [0.15, 0.2) is 36.4 Å². The fourth-order valence-corrected chi connectivity index (χ4v) is 4.64. The summed E-state index contributed by atoms with van der Waals surface area (Å²) in [6, 6.07) is 8.81. The average molecular weight is 399 g/mol. The van der Waals surface area contributed by atoms with Crippen LogP contribution in [0.1, 0.15) is 31.2 Å². The molecule has 2 atom stereocenters. The van der Waals surface area contributed by atoms with E-state index in [-0.39, 0.29) is 17.9 Å². The van der Waals surface area contributed by atoms with Crippen molar-refractivity contribution >= 4 is 23.5 Å². The van der Waals surface area contributed by atoms with E-state index >= 15 is 0 Å². The van der Waals surface area contributed by atoms with Gasteiger partial charge in [0.1, 0.15) is 6.04 Å². The van der Waals surface area contributed by atoms with Crippen molar-refractivity contribution in [2.45, 2.75) is 31.7 Å². The molecular formula is C21H25N3O5. The maximum atomic E-state index is 13.3. The van der Waals surface area contributed by atoms with Gasteiger partial charge in [-0.2, -0.15) is 0 Å². The summed E-state index contributed by atoms with van der Waals surface area (Å²) in [6.07, 6.45) is 3.52. The van der Waals surface area contributed by atoms with Gasteiger partial charge in [-0.25, -0.2) is 10.3 Å². The smallest absolute Gasteiger partial charge is 0.408 e. The number of carboxylic acid groups (broad SMARTS) is 1. The van der Waals surface area contributed by atoms with E-state index in [1.807, 2.05) is 36.4 Å². The average Bonchev–Trinajstić information content (AvgIpc) is 3.51. The predicted molar refractivity (Wildman–Crippen MR) is 104 cm³/mol. The van der Waals surface area contributed by atoms with Gasteiger partial charge >= 0.3 is 6.09 Å². The van der Waals surface area contributed by atoms with Crippen LogP contribution < -0.4 is 5.48 Å². The fraction of sp³-hybridized carbons (Fsp3) is 0.476. The third-order valence-electron chi connectivity index (χ3n) is 6.44. The van der Waals surface area contributed by atoms with Crippen LogP contribution in [0.3, 0.4) is 0 Å². The molecule has 2 fully saturated rings. The highest BCUT2D eigenvalue weighted by Gasteiger charge is 2.57. The molecule has 2 heterocycles. The molecule has 0 bridgehead atoms. The third-order valence-corrected chi connectivity index (χ3v) is 6.44. The summed E-state index contributed by atoms with van der Waals surface area (Å²) in [5.74, 6) is -1.96. The Hall–Kier alpha value is -2.87. The first-order valence-electron chi connectivity index (χ1n) is 9.91. The van der Waals surface area contributed by atoms with E-state index in [1.54, 1.807) is 10.4 Å². The zero-order chi connectivity index (χ0) is 20.6. The molecule has 29 heavy (non-hydrogen) atoms. The quantitative estimate of drug-likeness (QED) is 0.532. The van der Waals surface area contributed by atoms with Crippen molar-refractivity contribution in [3.63, 3.8) is 0 Å². The molecule has 0 radical (unpaired) electrons. The van der Waals surface area contributed by atoms with Gasteiger partial charge in [0.2, 0.25) is 11.8 Å². The third kappa shape index (κ3) is 3.72. The van der Waals surface area contributed by atoms with Gasteiger partial charge in [-0.3, -0.25) is 19.7 Å². The van der Waals surface area contributed by atoms with Crippen LogP contribution in [0.2, 0.25) is 0 Å². The Morgan fingerprint density at radius 3 is 2.41 bits per heavy atom. The molecule has 3 amide bonds. The lowest BCUT2D eigenvalue weighted by atomic mass is 9.79. The minimum Gasteiger partial charge on any atom is -0.465 e. The highest BCUT2D eigenvalue weighted by Crippen LogP contribution is 2.55. The molecule has 8 heteroatoms. The Labute approximate surface area is 168 Å². The summed E-state index contributed by atoms with van der Waals surface area (Å²) >= 11 is 0. The van der Waals surface area contributed by atoms with Crippen molar-refractivity contribution in [2.24, 2.45) is 11.3 Å². The first-order valence-corrected chi connectivity index (χ1v) is 9.91. The van der Waals surface area contributed by atoms with Crippen LogP contribution in [-0.4, -0.2) is 63.7 Å². The highest BCUT2D eigenvalue weighted by atomic mass is 16.5. The van der Waals surface area contributed by atoms with Crippen LogP contribution in [0.4, 0.5) is 4.79 Å². The SMILES string of the molecule is O=C(NO)[C@H]1CC2(CC2)CN(C(=O)O)[C@@H]1C(=O)N1CC=C(c2ccccc2)CC1. The first-order chi connectivity index (χ1) is 13.9. The zero-order valence-corrected chi connectivity index (χ0v) is 16.1. The molecule has 8 nitrogen and oxygen atoms in total. The molecule has 154 valence electrons. The van der Waals surface area contributed by atoms with Gasteiger partial charge in [-0.15, -0.1) is 0 Å². The number of hydrogen-bond donors (Lipinski definition) is 3. The molecule has 1 saturated carbocycles. The number of benzene rings is 1. The van der Waals surface area contributed by atoms with E-state index in [1.165, 1.54) is 0 Å². The van der Waals surface area contributed by atoms with Crippen molar-refractivity contribution in [3.05, 3.63) is 42.0 Å². The minimum atomic E-state index is -1.21. The van der Waals surface area contributed by atoms with E-state index < -0.39 is 24.0 Å². The van der Waals surface area contributed by atoms with Gasteiger partial charge in [0.25, 0.3) is 0 Å². The number of carbonyl (C=O) groups is 3. The highest BCUT2D eigenvalue weighted by molar-refractivity contribution is 5.93. The number of piperidine rings is 1. The summed E-state index contributed by atoms with van der Waals surface area (Å²) in [6.45, 7) is 1.08. The Balaban J connectivity index is 1.56. The van der Waals surface area contributed by atoms with Gasteiger partial charge in [0.15, 0.2) is 0 Å². The lowest BCUT2D eigenvalue weighted by molar-refractivity contribution is -0.149. The number of likely N-dealkylation sites (tertiary alicyclic amines) is 1. The molecule has 1 saturated heterocycles. The molecule has 1 spiro atoms. The Bertz CT molecular complexity index is 849. The second-order valence-corrected chi connectivity index (χ2v) is 8.27. The lowest BCUT2D eigenvalue weighted by Crippen LogP contribution is -2.62. The number of nitrogens with zero attached hydrogens (tertiary/aromatic N) is 2. The monoisotopic (exact) mass is 399 g/mol. The summed E-state index contributed by atoms with van der Waals surface area (Å²) in [4.78, 5) is 40.2. The van der Waals surface area contributed by atoms with Gasteiger partial charge in [-0.1, -0.05) is 36.4 Å². The number of rotatable bonds is 3. The van der Waals surface area contributed by atoms with E-state index in [9.17, 15) is 24.7 Å². The van der Waals surface area contributed by atoms with E-state index in [4.69, 9.17) is 0 Å². The largest absolute Gasteiger partial charge is 0.465 e. The Kier molecular flexibility index (Phi) is 5.04. The van der Waals surface area contributed by atoms with Gasteiger partial charge in [-0.05, 0) is 42.2 Å². The van der Waals surface area contributed by atoms with E-state index in [2.05, 4.69) is 0 Å². The summed E-state index contributed by atoms with van der Waals surface area (Å²) in [5.41, 5.74) is 3.65. The van der Waals surface area contributed by atoms with Gasteiger partial charge < -0.3 is 10.0 Å². The van der Waals surface area contributed by atoms with Crippen LogP contribution in [0, 0.1) is 11.3 Å². The van der Waals surface area contributed by atoms with Crippen molar-refractivity contribution in [1.82, 2.24) is 15.3 Å². The summed E-state index contributed by atoms with van der Waals surface area (Å²) < 4.78 is 0. The van der Waals surface area contributed by atoms with Crippen LogP contribution in [0.25, 0.3) is 5.57 Å². The standard InChI is InChI=1S/C21H25N3O5/c25-18(22-29)16-12-21(8-9-21)13-24(20(27)28)17(16)19(26)23-10-6-15(7-11-23)14-4-2-1-3-5-14/h1-6,16-17,29H,7-13H2,(H,22,25)(H,27,28)/t16-,17-/m0/s1. The molecule has 1 aliphatic carbocycles. The van der Waals surface area contributed by atoms with Crippen molar-refractivity contribution in [1.29, 1.82) is 0 Å². The van der Waals surface area contributed by atoms with E-state index in [0.29, 0.717) is 25.9 Å². The second kappa shape index (κ2) is 7.51. The molecule has 1 aromatic rings. The van der Waals surface area contributed by atoms with Crippen molar-refractivity contribution in [3.8, 4) is 0 Å². The molecule has 0 aromatic heterocycles. The molecule has 0 unspecified atom stereocenters. The summed E-state index contributed by atoms with van der Waals surface area (Å²) in [7, 11) is 0. The van der Waals surface area contributed by atoms with Gasteiger partial charge in [0, 0.05) is 19.6 Å². The number of carbonyl (C=O) groups excluding carboxylic acids is 2. The van der Waals surface area contributed by atoms with E-state index in [0.717, 1.165) is 28.9 Å². The maximum Gasteiger partial charge on any atom is 0.408 e. The fourth-order valence-electron chi connectivity index (χ4n) is 4.64. The molecule has 2 aliphatic heterocycles. The van der Waals surface area contributed by atoms with Crippen LogP contribution >= 0.6 is 0 Å². The Morgan fingerprint density at radius 2 is 1.86 bits per heavy atom. The predicted octanol–water partition coefficient (Wildman–Crippen LogP) is 1.96. The maximum absolute atomic E-state index is 13.3. The number of hydrogen-bond acceptors (Lipinski definition) is 4. The first kappa shape index (κ1) is 19.4. The number of amides is 3. The van der Waals surface area contributed by atoms with Crippen molar-refractivity contribution in [2.75, 3.05) is 19.6 Å². The van der Waals surface area contributed by atoms with Gasteiger partial charge in [0.05, 0.1) is 5.92 Å². The molecule has 4 rings (SSSR count). The number of hydroxylamine groups is 1. The molecule has 1 aromatic carbocycles. The Morgan fingerprint density at radius 1 is 1.14 bits per heavy atom. The van der Waals surface area contributed by atoms with Crippen molar-refractivity contribution < 1.29 is 24.7 Å². The topological polar surface area (TPSA) is 110 Å². The number of nitrogens with one attached hydrogen (secondary N) is 1. The van der Waals surface area contributed by atoms with Crippen LogP contribution in [-0.2, 0) is 9.59 Å². The molecule has 3 N–H and O–H groups in total. The molecular weight excluding hydrogens is 374 g/mol. The normalized spacial score (nSPS) is 25.3. The minimum absolute atomic E-state index is 0.241. The summed E-state index contributed by atoms with van der Waals surface area (Å²) in [5, 5.41) is 18.9. The second-order valence-electron chi connectivity index (χ2n) is 8.27. The van der Waals surface area contributed by atoms with Crippen LogP contribution in [0.5, 0.6) is 0 Å².